The number of carbonyl (C=O) groups excluding carboxylic acids is 10. The highest BCUT2D eigenvalue weighted by molar-refractivity contribution is 7.93. The maximum Gasteiger partial charge on any atom is 0.315 e. The van der Waals surface area contributed by atoms with Crippen LogP contribution in [0.2, 0.25) is 0 Å². The lowest BCUT2D eigenvalue weighted by Crippen LogP contribution is -2.64. The summed E-state index contributed by atoms with van der Waals surface area (Å²) in [5.41, 5.74) is -3.02. The first-order chi connectivity index (χ1) is 46.0. The molecule has 5 aliphatic carbocycles. The van der Waals surface area contributed by atoms with Crippen LogP contribution in [0.25, 0.3) is 0 Å². The van der Waals surface area contributed by atoms with Crippen LogP contribution in [0.3, 0.4) is 0 Å². The fourth-order valence-corrected chi connectivity index (χ4v) is 19.1. The van der Waals surface area contributed by atoms with E-state index in [1.807, 2.05) is 27.7 Å². The number of likely N-dealkylation sites (tertiary alicyclic amines) is 1. The van der Waals surface area contributed by atoms with Gasteiger partial charge in [-0.3, -0.25) is 38.4 Å². The van der Waals surface area contributed by atoms with Crippen molar-refractivity contribution in [1.29, 1.82) is 0 Å². The monoisotopic (exact) mass is 1430 g/mol. The maximum absolute atomic E-state index is 14.5. The van der Waals surface area contributed by atoms with Gasteiger partial charge < -0.3 is 52.3 Å². The van der Waals surface area contributed by atoms with Crippen LogP contribution in [0.4, 0.5) is 9.59 Å². The Morgan fingerprint density at radius 2 is 1.12 bits per heavy atom. The molecule has 0 radical (unpaired) electrons. The van der Waals surface area contributed by atoms with Gasteiger partial charge in [-0.25, -0.2) is 26.4 Å². The number of urea groups is 2. The molecule has 8 N–H and O–H groups in total. The van der Waals surface area contributed by atoms with Crippen LogP contribution >= 0.6 is 0 Å². The molecule has 560 valence electrons. The molecule has 10 amide bonds. The minimum atomic E-state index is -3.56. The zero-order chi connectivity index (χ0) is 73.6. The molecule has 5 saturated carbocycles. The summed E-state index contributed by atoms with van der Waals surface area (Å²) in [6.07, 6.45) is 18.7. The molecule has 24 nitrogen and oxygen atoms in total. The van der Waals surface area contributed by atoms with Gasteiger partial charge in [-0.15, -0.1) is 6.58 Å². The summed E-state index contributed by atoms with van der Waals surface area (Å²) in [5.74, 6) is -5.04. The molecule has 3 aliphatic heterocycles. The Hall–Kier alpha value is -5.66. The zero-order valence-electron chi connectivity index (χ0n) is 62.1. The third-order valence-electron chi connectivity index (χ3n) is 23.1. The molecule has 99 heavy (non-hydrogen) atoms. The lowest BCUT2D eigenvalue weighted by Gasteiger charge is -2.41. The number of rotatable bonds is 21. The van der Waals surface area contributed by atoms with E-state index < -0.39 is 135 Å². The van der Waals surface area contributed by atoms with E-state index in [4.69, 9.17) is 0 Å². The molecule has 0 aromatic heterocycles. The van der Waals surface area contributed by atoms with Crippen molar-refractivity contribution in [3.63, 3.8) is 0 Å². The van der Waals surface area contributed by atoms with Crippen LogP contribution in [0, 0.1) is 39.9 Å². The van der Waals surface area contributed by atoms with Crippen LogP contribution in [0.1, 0.15) is 251 Å². The molecule has 3 heterocycles. The SMILES string of the molecule is C=CCNC(=O)C(=O)[C@@H]1CCCCCCCCC[C@H](NC(=O)NC2(CS(=O)(=O)C(C)(C)C)CCCCC2)C(=O)N2C[C@H]3[C@@H]([C@H]2C(=O)N1)C3(C)C.CCCC[C@H](NC(=O)[C@@H]1[C@@H]2[C@H](CN1C(=O)[C@@H](NC(=O)NC1(CS(=O)(=O)C(C)(C)C)CCCCC1)C(C)(C)C)C2(C)C)C(=O)C(=O)NC1CC1. The summed E-state index contributed by atoms with van der Waals surface area (Å²) in [5, 5.41) is 22.8. The highest BCUT2D eigenvalue weighted by Crippen LogP contribution is 2.66. The van der Waals surface area contributed by atoms with Crippen LogP contribution in [-0.2, 0) is 58.0 Å². The first kappa shape index (κ1) is 80.6. The zero-order valence-corrected chi connectivity index (χ0v) is 63.7. The van der Waals surface area contributed by atoms with E-state index in [0.29, 0.717) is 77.3 Å². The third-order valence-corrected chi connectivity index (χ3v) is 28.7. The van der Waals surface area contributed by atoms with E-state index >= 15 is 0 Å². The van der Waals surface area contributed by atoms with Gasteiger partial charge in [0.05, 0.1) is 44.2 Å². The van der Waals surface area contributed by atoms with E-state index in [-0.39, 0.29) is 64.5 Å². The Morgan fingerprint density at radius 3 is 1.63 bits per heavy atom. The fraction of sp³-hybridized carbons (Fsp3) is 0.836. The molecule has 8 rings (SSSR count). The Morgan fingerprint density at radius 1 is 0.626 bits per heavy atom. The van der Waals surface area contributed by atoms with Crippen molar-refractivity contribution in [3.05, 3.63) is 12.7 Å². The van der Waals surface area contributed by atoms with E-state index in [1.54, 1.807) is 46.4 Å². The van der Waals surface area contributed by atoms with Gasteiger partial charge in [-0.05, 0) is 139 Å². The molecule has 8 aliphatic rings. The number of amides is 10. The standard InChI is InChI=1S/C37H61N5O7S.C36H61N5O7S/c1-7-22-38-32(45)30(43)26-18-14-11-9-8-10-12-15-19-27(33(46)42-23-25-28(36(25,5)6)29(42)31(44)39-26)40-34(47)41-37(20-16-13-17-21-37)24-50(48,49)35(2,3)4;1-10-11-15-24(27(42)30(44)37-22-16-17-22)38-29(43)26-25-23(35(25,8)9)20-41(26)31(45)28(33(2,3)4)39-32(46)40-36(18-13-12-14-19-36)21-49(47,48)34(5,6)7/h7,25-29H,1,8-24H2,2-6H3,(H,38,45)(H,39,44)(H2,40,41,47);22-26,28H,10-21H2,1-9H3,(H,37,44)(H,38,43)(H2,39,40,46)/t25-,26-,27-,28-,29-;23-,24-,25-,26-,28+/m00/s1. The summed E-state index contributed by atoms with van der Waals surface area (Å²) in [6.45, 7) is 30.1. The van der Waals surface area contributed by atoms with Gasteiger partial charge in [0, 0.05) is 25.7 Å². The number of hydrogen-bond acceptors (Lipinski definition) is 14. The molecule has 0 aromatic carbocycles. The summed E-state index contributed by atoms with van der Waals surface area (Å²) < 4.78 is 51.3. The molecule has 26 heteroatoms. The highest BCUT2D eigenvalue weighted by Gasteiger charge is 2.71. The van der Waals surface area contributed by atoms with Gasteiger partial charge in [-0.2, -0.15) is 0 Å². The molecule has 3 saturated heterocycles. The highest BCUT2D eigenvalue weighted by atomic mass is 32.2. The van der Waals surface area contributed by atoms with Gasteiger partial charge in [0.1, 0.15) is 24.2 Å². The molecule has 8 fully saturated rings. The molecular weight excluding hydrogens is 1300 g/mol. The number of sulfone groups is 2. The number of unbranched alkanes of at least 4 members (excludes halogenated alkanes) is 1. The Bertz CT molecular complexity index is 3220. The van der Waals surface area contributed by atoms with E-state index in [2.05, 4.69) is 76.8 Å². The Labute approximate surface area is 590 Å². The number of Topliss-reactive ketones (excluding diaryl/α,β-unsaturated/α-hetero) is 2. The summed E-state index contributed by atoms with van der Waals surface area (Å²) in [4.78, 5) is 139. The Kier molecular flexibility index (Phi) is 26.0. The van der Waals surface area contributed by atoms with Gasteiger partial charge in [0.2, 0.25) is 35.2 Å². The van der Waals surface area contributed by atoms with Crippen LogP contribution in [0.15, 0.2) is 12.7 Å². The van der Waals surface area contributed by atoms with Gasteiger partial charge in [0.25, 0.3) is 11.8 Å². The predicted molar refractivity (Wildman–Crippen MR) is 381 cm³/mol. The quantitative estimate of drug-likeness (QED) is 0.0406. The second kappa shape index (κ2) is 31.9. The summed E-state index contributed by atoms with van der Waals surface area (Å²) >= 11 is 0. The lowest BCUT2D eigenvalue weighted by molar-refractivity contribution is -0.145. The number of carbonyl (C=O) groups is 10. The lowest BCUT2D eigenvalue weighted by atomic mass is 9.83. The van der Waals surface area contributed by atoms with Crippen molar-refractivity contribution in [3.8, 4) is 0 Å². The van der Waals surface area contributed by atoms with Gasteiger partial charge in [0.15, 0.2) is 19.7 Å². The molecule has 10 atom stereocenters. The number of nitrogens with zero attached hydrogens (tertiary/aromatic N) is 2. The van der Waals surface area contributed by atoms with E-state index in [0.717, 1.165) is 89.9 Å². The molecule has 0 spiro atoms. The van der Waals surface area contributed by atoms with E-state index in [1.165, 1.54) is 11.0 Å². The minimum absolute atomic E-state index is 0.00450. The van der Waals surface area contributed by atoms with Crippen molar-refractivity contribution in [2.75, 3.05) is 31.1 Å². The number of fused-ring (bicyclic) bond motifs is 4. The topological polar surface area (TPSA) is 342 Å². The van der Waals surface area contributed by atoms with Crippen molar-refractivity contribution in [1.82, 2.24) is 52.3 Å². The molecule has 0 unspecified atom stereocenters. The normalized spacial score (nSPS) is 27.4. The summed E-state index contributed by atoms with van der Waals surface area (Å²) in [7, 11) is -7.11. The van der Waals surface area contributed by atoms with Crippen molar-refractivity contribution < 1.29 is 64.8 Å². The number of piperidine rings is 2. The number of hydrogen-bond donors (Lipinski definition) is 8. The second-order valence-electron chi connectivity index (χ2n) is 34.5. The minimum Gasteiger partial charge on any atom is -0.347 e. The van der Waals surface area contributed by atoms with Crippen LogP contribution in [-0.4, -0.2) is 180 Å². The van der Waals surface area contributed by atoms with Crippen molar-refractivity contribution >= 4 is 78.7 Å². The summed E-state index contributed by atoms with van der Waals surface area (Å²) in [6, 6.07) is -6.86. The first-order valence-electron chi connectivity index (χ1n) is 37.1. The fourth-order valence-electron chi connectivity index (χ4n) is 16.1. The van der Waals surface area contributed by atoms with Crippen molar-refractivity contribution in [2.45, 2.75) is 314 Å². The van der Waals surface area contributed by atoms with Gasteiger partial charge in [-0.1, -0.05) is 158 Å². The largest absolute Gasteiger partial charge is 0.347 e. The van der Waals surface area contributed by atoms with Crippen LogP contribution < -0.4 is 42.5 Å². The molecular formula is C73H122N10O14S2. The average molecular weight is 1430 g/mol. The Balaban J connectivity index is 0.000000278. The van der Waals surface area contributed by atoms with Crippen LogP contribution in [0.5, 0.6) is 0 Å². The first-order valence-corrected chi connectivity index (χ1v) is 40.4. The third kappa shape index (κ3) is 19.8. The number of ketones is 2. The number of nitrogens with one attached hydrogen (secondary N) is 8. The predicted octanol–water partition coefficient (Wildman–Crippen LogP) is 7.56. The van der Waals surface area contributed by atoms with Gasteiger partial charge >= 0.3 is 12.1 Å². The van der Waals surface area contributed by atoms with Crippen molar-refractivity contribution in [2.24, 2.45) is 39.9 Å². The second-order valence-corrected chi connectivity index (χ2v) is 40.0. The van der Waals surface area contributed by atoms with E-state index in [9.17, 15) is 64.8 Å². The molecule has 0 bridgehead atoms. The smallest absolute Gasteiger partial charge is 0.315 e. The molecule has 0 aromatic rings. The average Bonchev–Trinajstić information content (AvgIpc) is 1.53. The maximum atomic E-state index is 14.5.